The van der Waals surface area contributed by atoms with Crippen LogP contribution in [0.4, 0.5) is 5.69 Å². The molecule has 1 saturated carbocycles. The summed E-state index contributed by atoms with van der Waals surface area (Å²) < 4.78 is 5.70. The molecule has 0 spiro atoms. The minimum atomic E-state index is -0.145. The molecule has 4 nitrogen and oxygen atoms in total. The van der Waals surface area contributed by atoms with Crippen molar-refractivity contribution in [1.29, 1.82) is 0 Å². The summed E-state index contributed by atoms with van der Waals surface area (Å²) in [6, 6.07) is 7.21. The van der Waals surface area contributed by atoms with Crippen LogP contribution in [-0.2, 0) is 9.53 Å². The minimum Gasteiger partial charge on any atom is -0.389 e. The van der Waals surface area contributed by atoms with Gasteiger partial charge in [0.05, 0.1) is 6.10 Å². The lowest BCUT2D eigenvalue weighted by atomic mass is 9.89. The first-order valence-corrected chi connectivity index (χ1v) is 7.76. The highest BCUT2D eigenvalue weighted by molar-refractivity contribution is 7.80. The van der Waals surface area contributed by atoms with E-state index in [-0.39, 0.29) is 18.6 Å². The van der Waals surface area contributed by atoms with Crippen molar-refractivity contribution in [3.8, 4) is 0 Å². The van der Waals surface area contributed by atoms with E-state index in [1.54, 1.807) is 6.07 Å². The fourth-order valence-electron chi connectivity index (χ4n) is 2.67. The van der Waals surface area contributed by atoms with Crippen LogP contribution in [0.25, 0.3) is 0 Å². The second kappa shape index (κ2) is 7.52. The van der Waals surface area contributed by atoms with Gasteiger partial charge in [0.15, 0.2) is 0 Å². The lowest BCUT2D eigenvalue weighted by Gasteiger charge is -2.26. The van der Waals surface area contributed by atoms with Gasteiger partial charge in [0.2, 0.25) is 5.91 Å². The zero-order valence-corrected chi connectivity index (χ0v) is 13.1. The predicted molar refractivity (Wildman–Crippen MR) is 88.3 cm³/mol. The van der Waals surface area contributed by atoms with Crippen LogP contribution in [-0.4, -0.2) is 23.6 Å². The van der Waals surface area contributed by atoms with Crippen LogP contribution < -0.4 is 11.1 Å². The summed E-state index contributed by atoms with van der Waals surface area (Å²) in [4.78, 5) is 12.2. The molecule has 1 fully saturated rings. The Hall–Kier alpha value is -1.46. The van der Waals surface area contributed by atoms with Crippen LogP contribution in [0.5, 0.6) is 0 Å². The first-order chi connectivity index (χ1) is 10.0. The SMILES string of the molecule is CC1CCCC(OCC(=O)Nc2cccc(C(N)=S)c2)C1. The predicted octanol–water partition coefficient (Wildman–Crippen LogP) is 2.85. The van der Waals surface area contributed by atoms with Gasteiger partial charge in [-0.3, -0.25) is 4.79 Å². The molecule has 1 aromatic rings. The summed E-state index contributed by atoms with van der Waals surface area (Å²) >= 11 is 4.92. The molecule has 1 amide bonds. The molecule has 0 radical (unpaired) electrons. The first-order valence-electron chi connectivity index (χ1n) is 7.36. The Bertz CT molecular complexity index is 519. The number of benzene rings is 1. The molecule has 0 bridgehead atoms. The molecular formula is C16H22N2O2S. The van der Waals surface area contributed by atoms with E-state index in [1.165, 1.54) is 12.8 Å². The van der Waals surface area contributed by atoms with Crippen molar-refractivity contribution in [3.05, 3.63) is 29.8 Å². The number of carbonyl (C=O) groups is 1. The molecule has 2 unspecified atom stereocenters. The fraction of sp³-hybridized carbons (Fsp3) is 0.500. The Morgan fingerprint density at radius 2 is 2.29 bits per heavy atom. The Morgan fingerprint density at radius 1 is 1.48 bits per heavy atom. The summed E-state index contributed by atoms with van der Waals surface area (Å²) in [7, 11) is 0. The van der Waals surface area contributed by atoms with Gasteiger partial charge in [0.1, 0.15) is 11.6 Å². The molecule has 1 aliphatic rings. The van der Waals surface area contributed by atoms with E-state index in [4.69, 9.17) is 22.7 Å². The van der Waals surface area contributed by atoms with Gasteiger partial charge in [-0.15, -0.1) is 0 Å². The van der Waals surface area contributed by atoms with E-state index in [2.05, 4.69) is 12.2 Å². The van der Waals surface area contributed by atoms with Crippen molar-refractivity contribution in [1.82, 2.24) is 0 Å². The van der Waals surface area contributed by atoms with Crippen LogP contribution in [0.2, 0.25) is 0 Å². The van der Waals surface area contributed by atoms with E-state index in [1.807, 2.05) is 18.2 Å². The third-order valence-electron chi connectivity index (χ3n) is 3.77. The molecule has 2 rings (SSSR count). The number of rotatable bonds is 5. The van der Waals surface area contributed by atoms with Crippen molar-refractivity contribution in [2.24, 2.45) is 11.7 Å². The highest BCUT2D eigenvalue weighted by atomic mass is 32.1. The number of thiocarbonyl (C=S) groups is 1. The molecule has 3 N–H and O–H groups in total. The van der Waals surface area contributed by atoms with Crippen molar-refractivity contribution >= 4 is 28.8 Å². The lowest BCUT2D eigenvalue weighted by Crippen LogP contribution is -2.27. The average molecular weight is 306 g/mol. The maximum Gasteiger partial charge on any atom is 0.250 e. The fourth-order valence-corrected chi connectivity index (χ4v) is 2.80. The summed E-state index contributed by atoms with van der Waals surface area (Å²) in [5.41, 5.74) is 7.00. The highest BCUT2D eigenvalue weighted by Crippen LogP contribution is 2.25. The number of anilines is 1. The first kappa shape index (κ1) is 15.9. The molecule has 5 heteroatoms. The van der Waals surface area contributed by atoms with Gasteiger partial charge in [0.25, 0.3) is 0 Å². The Morgan fingerprint density at radius 3 is 3.00 bits per heavy atom. The molecule has 1 aliphatic carbocycles. The smallest absolute Gasteiger partial charge is 0.250 e. The van der Waals surface area contributed by atoms with Crippen LogP contribution in [0.3, 0.4) is 0 Å². The van der Waals surface area contributed by atoms with E-state index in [0.717, 1.165) is 18.4 Å². The standard InChI is InChI=1S/C16H22N2O2S/c1-11-4-2-7-14(8-11)20-10-15(19)18-13-6-3-5-12(9-13)16(17)21/h3,5-6,9,11,14H,2,4,7-8,10H2,1H3,(H2,17,21)(H,18,19). The van der Waals surface area contributed by atoms with E-state index in [0.29, 0.717) is 16.6 Å². The van der Waals surface area contributed by atoms with Crippen molar-refractivity contribution in [3.63, 3.8) is 0 Å². The van der Waals surface area contributed by atoms with Gasteiger partial charge in [-0.25, -0.2) is 0 Å². The summed E-state index contributed by atoms with van der Waals surface area (Å²) in [5.74, 6) is 0.544. The molecular weight excluding hydrogens is 284 g/mol. The number of ether oxygens (including phenoxy) is 1. The van der Waals surface area contributed by atoms with Gasteiger partial charge in [-0.05, 0) is 30.9 Å². The number of hydrogen-bond donors (Lipinski definition) is 2. The Labute approximate surface area is 131 Å². The van der Waals surface area contributed by atoms with Gasteiger partial charge < -0.3 is 15.8 Å². The zero-order valence-electron chi connectivity index (χ0n) is 12.3. The number of carbonyl (C=O) groups excluding carboxylic acids is 1. The van der Waals surface area contributed by atoms with Gasteiger partial charge in [-0.2, -0.15) is 0 Å². The summed E-state index contributed by atoms with van der Waals surface area (Å²) in [5, 5.41) is 2.81. The normalized spacial score (nSPS) is 21.8. The van der Waals surface area contributed by atoms with Gasteiger partial charge >= 0.3 is 0 Å². The molecule has 2 atom stereocenters. The molecule has 0 saturated heterocycles. The maximum absolute atomic E-state index is 11.9. The zero-order chi connectivity index (χ0) is 15.2. The monoisotopic (exact) mass is 306 g/mol. The largest absolute Gasteiger partial charge is 0.389 e. The molecule has 114 valence electrons. The van der Waals surface area contributed by atoms with Crippen LogP contribution in [0.15, 0.2) is 24.3 Å². The minimum absolute atomic E-state index is 0.0920. The van der Waals surface area contributed by atoms with Crippen molar-refractivity contribution < 1.29 is 9.53 Å². The Kier molecular flexibility index (Phi) is 5.70. The van der Waals surface area contributed by atoms with Crippen LogP contribution >= 0.6 is 12.2 Å². The van der Waals surface area contributed by atoms with Crippen molar-refractivity contribution in [2.75, 3.05) is 11.9 Å². The molecule has 1 aromatic carbocycles. The van der Waals surface area contributed by atoms with Crippen molar-refractivity contribution in [2.45, 2.75) is 38.7 Å². The summed E-state index contributed by atoms with van der Waals surface area (Å²) in [6.07, 6.45) is 4.75. The molecule has 0 aliphatic heterocycles. The van der Waals surface area contributed by atoms with Crippen LogP contribution in [0, 0.1) is 5.92 Å². The van der Waals surface area contributed by atoms with Gasteiger partial charge in [-0.1, -0.05) is 44.1 Å². The number of nitrogens with one attached hydrogen (secondary N) is 1. The topological polar surface area (TPSA) is 64.3 Å². The average Bonchev–Trinajstić information content (AvgIpc) is 2.45. The molecule has 0 aromatic heterocycles. The van der Waals surface area contributed by atoms with Gasteiger partial charge in [0, 0.05) is 11.3 Å². The lowest BCUT2D eigenvalue weighted by molar-refractivity contribution is -0.123. The maximum atomic E-state index is 11.9. The second-order valence-corrected chi connectivity index (χ2v) is 6.14. The van der Waals surface area contributed by atoms with E-state index < -0.39 is 0 Å². The quantitative estimate of drug-likeness (QED) is 0.821. The third-order valence-corrected chi connectivity index (χ3v) is 4.00. The summed E-state index contributed by atoms with van der Waals surface area (Å²) in [6.45, 7) is 2.32. The molecule has 21 heavy (non-hydrogen) atoms. The van der Waals surface area contributed by atoms with Crippen LogP contribution in [0.1, 0.15) is 38.2 Å². The number of amides is 1. The number of hydrogen-bond acceptors (Lipinski definition) is 3. The van der Waals surface area contributed by atoms with E-state index >= 15 is 0 Å². The molecule has 0 heterocycles. The third kappa shape index (κ3) is 5.10. The highest BCUT2D eigenvalue weighted by Gasteiger charge is 2.20. The second-order valence-electron chi connectivity index (χ2n) is 5.70. The number of nitrogens with two attached hydrogens (primary N) is 1. The Balaban J connectivity index is 1.81. The van der Waals surface area contributed by atoms with E-state index in [9.17, 15) is 4.79 Å².